The highest BCUT2D eigenvalue weighted by Crippen LogP contribution is 2.40. The summed E-state index contributed by atoms with van der Waals surface area (Å²) in [5.74, 6) is 0.441. The summed E-state index contributed by atoms with van der Waals surface area (Å²) in [7, 11) is 0. The van der Waals surface area contributed by atoms with Crippen LogP contribution < -0.4 is 5.32 Å². The number of hydrogen-bond donors (Lipinski definition) is 1. The van der Waals surface area contributed by atoms with Crippen LogP contribution in [0.1, 0.15) is 50.5 Å². The van der Waals surface area contributed by atoms with Crippen molar-refractivity contribution in [3.05, 3.63) is 35.9 Å². The van der Waals surface area contributed by atoms with E-state index in [0.717, 1.165) is 19.3 Å². The summed E-state index contributed by atoms with van der Waals surface area (Å²) in [6.45, 7) is 2.70. The van der Waals surface area contributed by atoms with E-state index in [-0.39, 0.29) is 0 Å². The van der Waals surface area contributed by atoms with Crippen molar-refractivity contribution in [3.63, 3.8) is 0 Å². The number of nitrogens with one attached hydrogen (secondary N) is 1. The van der Waals surface area contributed by atoms with Crippen molar-refractivity contribution in [2.45, 2.75) is 56.9 Å². The normalized spacial score (nSPS) is 27.7. The molecule has 0 spiro atoms. The van der Waals surface area contributed by atoms with Crippen molar-refractivity contribution in [1.82, 2.24) is 5.32 Å². The summed E-state index contributed by atoms with van der Waals surface area (Å²) in [5.41, 5.74) is 0.349. The molecule has 0 saturated heterocycles. The zero-order valence-electron chi connectivity index (χ0n) is 11.5. The summed E-state index contributed by atoms with van der Waals surface area (Å²) in [4.78, 5) is 0. The second-order valence-corrected chi connectivity index (χ2v) is 5.57. The quantitative estimate of drug-likeness (QED) is 0.836. The summed E-state index contributed by atoms with van der Waals surface area (Å²) in [5, 5.41) is 3.11. The SMILES string of the molecule is CCCNC1(C(F)F)CCC(c2ccccc2)CC1. The Hall–Kier alpha value is -0.960. The molecule has 1 N–H and O–H groups in total. The van der Waals surface area contributed by atoms with E-state index in [1.807, 2.05) is 25.1 Å². The molecule has 1 aliphatic rings. The van der Waals surface area contributed by atoms with Crippen molar-refractivity contribution in [2.24, 2.45) is 0 Å². The van der Waals surface area contributed by atoms with Crippen LogP contribution in [0.4, 0.5) is 8.78 Å². The molecule has 1 aromatic rings. The van der Waals surface area contributed by atoms with Gasteiger partial charge in [0, 0.05) is 0 Å². The van der Waals surface area contributed by atoms with Gasteiger partial charge in [-0.25, -0.2) is 8.78 Å². The van der Waals surface area contributed by atoms with Crippen molar-refractivity contribution < 1.29 is 8.78 Å². The number of benzene rings is 1. The third kappa shape index (κ3) is 3.33. The Morgan fingerprint density at radius 3 is 2.37 bits per heavy atom. The molecule has 0 amide bonds. The Labute approximate surface area is 114 Å². The number of rotatable bonds is 5. The lowest BCUT2D eigenvalue weighted by atomic mass is 9.74. The molecule has 2 rings (SSSR count). The van der Waals surface area contributed by atoms with Gasteiger partial charge in [-0.3, -0.25) is 0 Å². The molecule has 106 valence electrons. The smallest absolute Gasteiger partial charge is 0.256 e. The van der Waals surface area contributed by atoms with Crippen LogP contribution in [0.25, 0.3) is 0 Å². The molecule has 0 atom stereocenters. The third-order valence-electron chi connectivity index (χ3n) is 4.29. The van der Waals surface area contributed by atoms with E-state index in [1.54, 1.807) is 0 Å². The molecule has 0 aliphatic heterocycles. The first-order chi connectivity index (χ1) is 9.18. The van der Waals surface area contributed by atoms with Gasteiger partial charge in [0.1, 0.15) is 0 Å². The zero-order valence-corrected chi connectivity index (χ0v) is 11.5. The van der Waals surface area contributed by atoms with Gasteiger partial charge in [0.15, 0.2) is 0 Å². The Kier molecular flexibility index (Phi) is 4.92. The first kappa shape index (κ1) is 14.4. The number of halogens is 2. The fraction of sp³-hybridized carbons (Fsp3) is 0.625. The van der Waals surface area contributed by atoms with E-state index >= 15 is 0 Å². The number of alkyl halides is 2. The third-order valence-corrected chi connectivity index (χ3v) is 4.29. The molecule has 1 saturated carbocycles. The average molecular weight is 267 g/mol. The van der Waals surface area contributed by atoms with Gasteiger partial charge in [0.2, 0.25) is 0 Å². The minimum absolute atomic E-state index is 0.441. The lowest BCUT2D eigenvalue weighted by molar-refractivity contribution is 0.00364. The molecule has 19 heavy (non-hydrogen) atoms. The topological polar surface area (TPSA) is 12.0 Å². The van der Waals surface area contributed by atoms with E-state index in [1.165, 1.54) is 5.56 Å². The summed E-state index contributed by atoms with van der Waals surface area (Å²) in [6, 6.07) is 10.3. The van der Waals surface area contributed by atoms with E-state index in [4.69, 9.17) is 0 Å². The van der Waals surface area contributed by atoms with Gasteiger partial charge in [-0.1, -0.05) is 37.3 Å². The molecule has 1 nitrogen and oxygen atoms in total. The highest BCUT2D eigenvalue weighted by atomic mass is 19.3. The van der Waals surface area contributed by atoms with E-state index in [0.29, 0.717) is 25.3 Å². The molecule has 1 fully saturated rings. The van der Waals surface area contributed by atoms with Crippen LogP contribution in [-0.2, 0) is 0 Å². The predicted octanol–water partition coefficient (Wildman–Crippen LogP) is 4.35. The van der Waals surface area contributed by atoms with E-state index < -0.39 is 12.0 Å². The summed E-state index contributed by atoms with van der Waals surface area (Å²) >= 11 is 0. The molecule has 0 aromatic heterocycles. The average Bonchev–Trinajstić information content (AvgIpc) is 2.46. The van der Waals surface area contributed by atoms with Crippen LogP contribution in [0, 0.1) is 0 Å². The van der Waals surface area contributed by atoms with Gasteiger partial charge in [-0.15, -0.1) is 0 Å². The van der Waals surface area contributed by atoms with Crippen molar-refractivity contribution in [2.75, 3.05) is 6.54 Å². The van der Waals surface area contributed by atoms with Crippen molar-refractivity contribution in [3.8, 4) is 0 Å². The Balaban J connectivity index is 1.99. The van der Waals surface area contributed by atoms with Gasteiger partial charge in [0.05, 0.1) is 5.54 Å². The monoisotopic (exact) mass is 267 g/mol. The highest BCUT2D eigenvalue weighted by Gasteiger charge is 2.42. The Morgan fingerprint density at radius 1 is 1.21 bits per heavy atom. The molecule has 1 aromatic carbocycles. The van der Waals surface area contributed by atoms with Crippen molar-refractivity contribution in [1.29, 1.82) is 0 Å². The molecule has 1 aliphatic carbocycles. The molecule has 0 heterocycles. The maximum Gasteiger partial charge on any atom is 0.256 e. The maximum absolute atomic E-state index is 13.4. The second-order valence-electron chi connectivity index (χ2n) is 5.57. The fourth-order valence-electron chi connectivity index (χ4n) is 3.04. The van der Waals surface area contributed by atoms with Crippen LogP contribution in [0.3, 0.4) is 0 Å². The molecular formula is C16H23F2N. The first-order valence-corrected chi connectivity index (χ1v) is 7.26. The van der Waals surface area contributed by atoms with Crippen LogP contribution in [0.5, 0.6) is 0 Å². The maximum atomic E-state index is 13.4. The molecule has 0 bridgehead atoms. The zero-order chi connectivity index (χ0) is 13.7. The van der Waals surface area contributed by atoms with Crippen molar-refractivity contribution >= 4 is 0 Å². The van der Waals surface area contributed by atoms with Gasteiger partial charge in [-0.2, -0.15) is 0 Å². The Morgan fingerprint density at radius 2 is 1.84 bits per heavy atom. The lowest BCUT2D eigenvalue weighted by Crippen LogP contribution is -2.53. The minimum atomic E-state index is -2.27. The van der Waals surface area contributed by atoms with Gasteiger partial charge in [-0.05, 0) is 50.1 Å². The van der Waals surface area contributed by atoms with E-state index in [9.17, 15) is 8.78 Å². The Bertz CT molecular complexity index is 370. The van der Waals surface area contributed by atoms with Gasteiger partial charge in [0.25, 0.3) is 6.43 Å². The summed E-state index contributed by atoms with van der Waals surface area (Å²) < 4.78 is 26.7. The molecule has 0 unspecified atom stereocenters. The van der Waals surface area contributed by atoms with E-state index in [2.05, 4.69) is 17.4 Å². The summed E-state index contributed by atoms with van der Waals surface area (Å²) in [6.07, 6.45) is 1.48. The molecular weight excluding hydrogens is 244 g/mol. The predicted molar refractivity (Wildman–Crippen MR) is 74.7 cm³/mol. The lowest BCUT2D eigenvalue weighted by Gasteiger charge is -2.40. The second kappa shape index (κ2) is 6.47. The van der Waals surface area contributed by atoms with Crippen LogP contribution in [0.15, 0.2) is 30.3 Å². The van der Waals surface area contributed by atoms with Crippen LogP contribution in [-0.4, -0.2) is 18.5 Å². The van der Waals surface area contributed by atoms with Gasteiger partial charge < -0.3 is 5.32 Å². The fourth-order valence-corrected chi connectivity index (χ4v) is 3.04. The minimum Gasteiger partial charge on any atom is -0.306 e. The van der Waals surface area contributed by atoms with Gasteiger partial charge >= 0.3 is 0 Å². The number of hydrogen-bond acceptors (Lipinski definition) is 1. The van der Waals surface area contributed by atoms with Crippen LogP contribution >= 0.6 is 0 Å². The first-order valence-electron chi connectivity index (χ1n) is 7.26. The standard InChI is InChI=1S/C16H23F2N/c1-2-12-19-16(15(17)18)10-8-14(9-11-16)13-6-4-3-5-7-13/h3-7,14-15,19H,2,8-12H2,1H3. The highest BCUT2D eigenvalue weighted by molar-refractivity contribution is 5.20. The molecule has 3 heteroatoms. The largest absolute Gasteiger partial charge is 0.306 e. The van der Waals surface area contributed by atoms with Crippen LogP contribution in [0.2, 0.25) is 0 Å². The molecule has 0 radical (unpaired) electrons.